The van der Waals surface area contributed by atoms with Gasteiger partial charge >= 0.3 is 5.97 Å². The normalized spacial score (nSPS) is 11.6. The fourth-order valence-corrected chi connectivity index (χ4v) is 2.35. The van der Waals surface area contributed by atoms with Crippen molar-refractivity contribution in [2.24, 2.45) is 0 Å². The largest absolute Gasteiger partial charge is 0.479 e. The van der Waals surface area contributed by atoms with Gasteiger partial charge in [-0.2, -0.15) is 0 Å². The number of rotatable bonds is 5. The molecule has 0 fully saturated rings. The molecule has 0 aliphatic heterocycles. The molecule has 1 heterocycles. The third-order valence-electron chi connectivity index (χ3n) is 2.74. The minimum absolute atomic E-state index is 0.170. The first-order valence-corrected chi connectivity index (χ1v) is 7.22. The van der Waals surface area contributed by atoms with E-state index >= 15 is 0 Å². The number of hydrogen-bond acceptors (Lipinski definition) is 4. The van der Waals surface area contributed by atoms with Gasteiger partial charge in [-0.1, -0.05) is 23.7 Å². The van der Waals surface area contributed by atoms with Gasteiger partial charge in [0.2, 0.25) is 0 Å². The van der Waals surface area contributed by atoms with E-state index in [4.69, 9.17) is 21.4 Å². The third-order valence-corrected chi connectivity index (χ3v) is 3.93. The second-order valence-corrected chi connectivity index (χ2v) is 6.05. The molecule has 1 aromatic carbocycles. The van der Waals surface area contributed by atoms with Crippen molar-refractivity contribution in [2.45, 2.75) is 26.1 Å². The zero-order valence-electron chi connectivity index (χ0n) is 11.1. The minimum Gasteiger partial charge on any atom is -0.479 e. The number of thiazole rings is 1. The van der Waals surface area contributed by atoms with Gasteiger partial charge in [0.25, 0.3) is 0 Å². The lowest BCUT2D eigenvalue weighted by atomic mass is 10.1. The van der Waals surface area contributed by atoms with E-state index in [1.165, 1.54) is 25.2 Å². The molecule has 0 atom stereocenters. The summed E-state index contributed by atoms with van der Waals surface area (Å²) < 4.78 is 5.37. The number of ether oxygens (including phenoxy) is 1. The molecule has 0 spiro atoms. The third kappa shape index (κ3) is 3.56. The van der Waals surface area contributed by atoms with Gasteiger partial charge in [-0.15, -0.1) is 11.3 Å². The van der Waals surface area contributed by atoms with E-state index in [1.807, 2.05) is 29.6 Å². The monoisotopic (exact) mass is 311 g/mol. The molecular formula is C14H14ClNO3S. The van der Waals surface area contributed by atoms with Crippen molar-refractivity contribution in [3.05, 3.63) is 40.4 Å². The van der Waals surface area contributed by atoms with Gasteiger partial charge in [0.05, 0.1) is 12.3 Å². The maximum atomic E-state index is 10.9. The zero-order valence-corrected chi connectivity index (χ0v) is 12.7. The zero-order chi connectivity index (χ0) is 14.8. The Balaban J connectivity index is 2.06. The van der Waals surface area contributed by atoms with Crippen molar-refractivity contribution in [3.8, 4) is 10.6 Å². The summed E-state index contributed by atoms with van der Waals surface area (Å²) in [5.41, 5.74) is 0.474. The van der Waals surface area contributed by atoms with E-state index in [0.717, 1.165) is 10.6 Å². The van der Waals surface area contributed by atoms with Crippen LogP contribution in [0.4, 0.5) is 0 Å². The molecule has 0 aliphatic carbocycles. The van der Waals surface area contributed by atoms with Gasteiger partial charge in [-0.25, -0.2) is 9.78 Å². The lowest BCUT2D eigenvalue weighted by Crippen LogP contribution is -2.34. The molecule has 0 saturated carbocycles. The number of carboxylic acid groups (broad SMARTS) is 1. The molecule has 2 rings (SSSR count). The number of carboxylic acids is 1. The van der Waals surface area contributed by atoms with Gasteiger partial charge in [0.15, 0.2) is 5.60 Å². The Bertz CT molecular complexity index is 607. The highest BCUT2D eigenvalue weighted by atomic mass is 35.5. The van der Waals surface area contributed by atoms with E-state index in [1.54, 1.807) is 0 Å². The van der Waals surface area contributed by atoms with E-state index in [0.29, 0.717) is 10.7 Å². The van der Waals surface area contributed by atoms with Crippen LogP contribution in [0, 0.1) is 0 Å². The molecule has 0 bridgehead atoms. The Morgan fingerprint density at radius 2 is 2.05 bits per heavy atom. The fourth-order valence-electron chi connectivity index (χ4n) is 1.41. The van der Waals surface area contributed by atoms with Crippen LogP contribution in [0.15, 0.2) is 29.6 Å². The smallest absolute Gasteiger partial charge is 0.335 e. The van der Waals surface area contributed by atoms with Crippen LogP contribution in [0.25, 0.3) is 10.6 Å². The summed E-state index contributed by atoms with van der Waals surface area (Å²) in [5, 5.41) is 12.4. The van der Waals surface area contributed by atoms with Crippen molar-refractivity contribution < 1.29 is 14.6 Å². The first kappa shape index (κ1) is 15.0. The predicted octanol–water partition coefficient (Wildman–Crippen LogP) is 3.84. The van der Waals surface area contributed by atoms with Gasteiger partial charge in [-0.3, -0.25) is 0 Å². The van der Waals surface area contributed by atoms with Crippen LogP contribution >= 0.6 is 22.9 Å². The highest BCUT2D eigenvalue weighted by molar-refractivity contribution is 7.13. The molecule has 0 unspecified atom stereocenters. The summed E-state index contributed by atoms with van der Waals surface area (Å²) in [7, 11) is 0. The maximum absolute atomic E-state index is 10.9. The predicted molar refractivity (Wildman–Crippen MR) is 79.1 cm³/mol. The second kappa shape index (κ2) is 5.91. The molecule has 1 N–H and O–H groups in total. The lowest BCUT2D eigenvalue weighted by Gasteiger charge is -2.19. The van der Waals surface area contributed by atoms with Crippen LogP contribution in [-0.4, -0.2) is 21.7 Å². The quantitative estimate of drug-likeness (QED) is 0.911. The average molecular weight is 312 g/mol. The van der Waals surface area contributed by atoms with Crippen molar-refractivity contribution in [3.63, 3.8) is 0 Å². The maximum Gasteiger partial charge on any atom is 0.335 e. The summed E-state index contributed by atoms with van der Waals surface area (Å²) in [6.07, 6.45) is 0. The van der Waals surface area contributed by atoms with Crippen molar-refractivity contribution >= 4 is 28.9 Å². The van der Waals surface area contributed by atoms with E-state index in [9.17, 15) is 4.79 Å². The van der Waals surface area contributed by atoms with Gasteiger partial charge in [-0.05, 0) is 26.0 Å². The van der Waals surface area contributed by atoms with Crippen LogP contribution in [0.1, 0.15) is 19.5 Å². The Morgan fingerprint density at radius 3 is 2.65 bits per heavy atom. The number of halogens is 1. The van der Waals surface area contributed by atoms with Crippen LogP contribution < -0.4 is 0 Å². The Hall–Kier alpha value is -1.43. The number of aliphatic carboxylic acids is 1. The van der Waals surface area contributed by atoms with Crippen LogP contribution in [0.3, 0.4) is 0 Å². The van der Waals surface area contributed by atoms with Crippen molar-refractivity contribution in [2.75, 3.05) is 0 Å². The number of aromatic nitrogens is 1. The average Bonchev–Trinajstić information content (AvgIpc) is 2.86. The van der Waals surface area contributed by atoms with E-state index in [-0.39, 0.29) is 6.61 Å². The number of benzene rings is 1. The Labute approximate surface area is 126 Å². The highest BCUT2D eigenvalue weighted by Crippen LogP contribution is 2.26. The molecule has 106 valence electrons. The Morgan fingerprint density at radius 1 is 1.40 bits per heavy atom. The molecule has 0 amide bonds. The molecule has 0 aliphatic rings. The summed E-state index contributed by atoms with van der Waals surface area (Å²) in [6, 6.07) is 7.41. The van der Waals surface area contributed by atoms with Gasteiger partial charge < -0.3 is 9.84 Å². The summed E-state index contributed by atoms with van der Waals surface area (Å²) >= 11 is 7.33. The molecule has 1 aromatic heterocycles. The minimum atomic E-state index is -1.22. The SMILES string of the molecule is CC(C)(OCc1csc(-c2ccc(Cl)cc2)n1)C(=O)O. The fraction of sp³-hybridized carbons (Fsp3) is 0.286. The summed E-state index contributed by atoms with van der Waals surface area (Å²) in [6.45, 7) is 3.20. The highest BCUT2D eigenvalue weighted by Gasteiger charge is 2.28. The Kier molecular flexibility index (Phi) is 4.42. The molecule has 20 heavy (non-hydrogen) atoms. The number of carbonyl (C=O) groups is 1. The summed E-state index contributed by atoms with van der Waals surface area (Å²) in [4.78, 5) is 15.4. The second-order valence-electron chi connectivity index (χ2n) is 4.76. The first-order valence-electron chi connectivity index (χ1n) is 5.96. The molecule has 2 aromatic rings. The number of nitrogens with zero attached hydrogens (tertiary/aromatic N) is 1. The summed E-state index contributed by atoms with van der Waals surface area (Å²) in [5.74, 6) is -0.995. The van der Waals surface area contributed by atoms with E-state index < -0.39 is 11.6 Å². The molecular weight excluding hydrogens is 298 g/mol. The lowest BCUT2D eigenvalue weighted by molar-refractivity contribution is -0.162. The topological polar surface area (TPSA) is 59.4 Å². The molecule has 6 heteroatoms. The van der Waals surface area contributed by atoms with Crippen LogP contribution in [0.2, 0.25) is 5.02 Å². The van der Waals surface area contributed by atoms with Gasteiger partial charge in [0, 0.05) is 16.0 Å². The molecule has 0 saturated heterocycles. The van der Waals surface area contributed by atoms with Gasteiger partial charge in [0.1, 0.15) is 5.01 Å². The molecule has 0 radical (unpaired) electrons. The molecule has 4 nitrogen and oxygen atoms in total. The van der Waals surface area contributed by atoms with Crippen molar-refractivity contribution in [1.29, 1.82) is 0 Å². The van der Waals surface area contributed by atoms with Crippen LogP contribution in [0.5, 0.6) is 0 Å². The van der Waals surface area contributed by atoms with Crippen LogP contribution in [-0.2, 0) is 16.1 Å². The standard InChI is InChI=1S/C14H14ClNO3S/c1-14(2,13(17)18)19-7-11-8-20-12(16-11)9-3-5-10(15)6-4-9/h3-6,8H,7H2,1-2H3,(H,17,18). The van der Waals surface area contributed by atoms with E-state index in [2.05, 4.69) is 4.98 Å². The number of hydrogen-bond donors (Lipinski definition) is 1. The first-order chi connectivity index (χ1) is 9.38. The van der Waals surface area contributed by atoms with Crippen molar-refractivity contribution in [1.82, 2.24) is 4.98 Å².